The zero-order valence-corrected chi connectivity index (χ0v) is 11.8. The molecular formula is C15H16O6. The van der Waals surface area contributed by atoms with Crippen LogP contribution in [-0.2, 0) is 28.5 Å². The molecule has 0 N–H and O–H groups in total. The summed E-state index contributed by atoms with van der Waals surface area (Å²) >= 11 is 0. The third kappa shape index (κ3) is 1.49. The molecule has 1 aliphatic carbocycles. The van der Waals surface area contributed by atoms with Crippen molar-refractivity contribution >= 4 is 11.9 Å². The third-order valence-electron chi connectivity index (χ3n) is 5.53. The Morgan fingerprint density at radius 1 is 1.29 bits per heavy atom. The normalized spacial score (nSPS) is 56.5. The summed E-state index contributed by atoms with van der Waals surface area (Å²) in [6.07, 6.45) is 1.48. The quantitative estimate of drug-likeness (QED) is 0.473. The fourth-order valence-electron chi connectivity index (χ4n) is 4.20. The van der Waals surface area contributed by atoms with Crippen LogP contribution < -0.4 is 0 Å². The van der Waals surface area contributed by atoms with Gasteiger partial charge in [-0.25, -0.2) is 4.79 Å². The van der Waals surface area contributed by atoms with E-state index in [1.807, 2.05) is 19.9 Å². The van der Waals surface area contributed by atoms with Gasteiger partial charge in [-0.3, -0.25) is 4.79 Å². The molecular weight excluding hydrogens is 276 g/mol. The first-order chi connectivity index (χ1) is 9.98. The van der Waals surface area contributed by atoms with Gasteiger partial charge in [-0.15, -0.1) is 0 Å². The van der Waals surface area contributed by atoms with Gasteiger partial charge >= 0.3 is 11.9 Å². The van der Waals surface area contributed by atoms with Crippen molar-refractivity contribution < 1.29 is 28.5 Å². The number of esters is 2. The molecule has 5 aliphatic rings. The maximum atomic E-state index is 12.1. The van der Waals surface area contributed by atoms with Crippen molar-refractivity contribution in [1.29, 1.82) is 0 Å². The lowest BCUT2D eigenvalue weighted by atomic mass is 9.81. The SMILES string of the molecule is C[C@H]1C(=O)OC2C[C@]3(C)OC3C3OC3C3=CC(OC3=O)C21. The number of hydrogen-bond donors (Lipinski definition) is 0. The van der Waals surface area contributed by atoms with E-state index < -0.39 is 6.10 Å². The highest BCUT2D eigenvalue weighted by molar-refractivity contribution is 5.93. The van der Waals surface area contributed by atoms with Crippen LogP contribution in [0.4, 0.5) is 0 Å². The van der Waals surface area contributed by atoms with Crippen molar-refractivity contribution in [3.8, 4) is 0 Å². The highest BCUT2D eigenvalue weighted by Gasteiger charge is 2.69. The Morgan fingerprint density at radius 3 is 2.90 bits per heavy atom. The lowest BCUT2D eigenvalue weighted by Gasteiger charge is -2.24. The van der Waals surface area contributed by atoms with Crippen molar-refractivity contribution in [2.45, 2.75) is 56.4 Å². The van der Waals surface area contributed by atoms with Gasteiger partial charge in [0.25, 0.3) is 0 Å². The summed E-state index contributed by atoms with van der Waals surface area (Å²) in [4.78, 5) is 24.0. The van der Waals surface area contributed by atoms with Crippen molar-refractivity contribution in [2.75, 3.05) is 0 Å². The van der Waals surface area contributed by atoms with Gasteiger partial charge in [0.05, 0.1) is 17.1 Å². The summed E-state index contributed by atoms with van der Waals surface area (Å²) in [7, 11) is 0. The summed E-state index contributed by atoms with van der Waals surface area (Å²) in [6, 6.07) is 0. The second kappa shape index (κ2) is 3.50. The van der Waals surface area contributed by atoms with Crippen LogP contribution >= 0.6 is 0 Å². The van der Waals surface area contributed by atoms with Crippen molar-refractivity contribution in [3.05, 3.63) is 11.6 Å². The molecule has 21 heavy (non-hydrogen) atoms. The molecule has 8 atom stereocenters. The predicted molar refractivity (Wildman–Crippen MR) is 67.1 cm³/mol. The minimum Gasteiger partial charge on any atom is -0.462 e. The minimum absolute atomic E-state index is 0.0244. The second-order valence-electron chi connectivity index (χ2n) is 6.91. The largest absolute Gasteiger partial charge is 0.462 e. The van der Waals surface area contributed by atoms with E-state index in [1.54, 1.807) is 0 Å². The first kappa shape index (κ1) is 12.2. The summed E-state index contributed by atoms with van der Waals surface area (Å²) in [6.45, 7) is 3.85. The Morgan fingerprint density at radius 2 is 2.10 bits per heavy atom. The fraction of sp³-hybridized carbons (Fsp3) is 0.733. The van der Waals surface area contributed by atoms with E-state index in [1.165, 1.54) is 0 Å². The van der Waals surface area contributed by atoms with Crippen molar-refractivity contribution in [1.82, 2.24) is 0 Å². The van der Waals surface area contributed by atoms with E-state index in [0.717, 1.165) is 0 Å². The standard InChI is InChI=1S/C15H16O6/c1-5-9-7-3-6(14(17)18-7)10-11(20-10)12-15(2,21-12)4-8(9)19-13(5)16/h3,5,7-12H,4H2,1-2H3/t5-,7?,8?,9?,10?,11?,12?,15+/m1/s1. The number of rotatable bonds is 0. The monoisotopic (exact) mass is 292 g/mol. The van der Waals surface area contributed by atoms with E-state index in [9.17, 15) is 9.59 Å². The number of carbonyl (C=O) groups is 2. The molecule has 0 aromatic rings. The van der Waals surface area contributed by atoms with Crippen molar-refractivity contribution in [3.63, 3.8) is 0 Å². The first-order valence-corrected chi connectivity index (χ1v) is 7.44. The van der Waals surface area contributed by atoms with E-state index in [-0.39, 0.29) is 53.8 Å². The number of fused-ring (bicyclic) bond motifs is 7. The molecule has 4 heterocycles. The second-order valence-corrected chi connectivity index (χ2v) is 6.91. The molecule has 6 nitrogen and oxygen atoms in total. The maximum absolute atomic E-state index is 12.1. The molecule has 0 saturated carbocycles. The summed E-state index contributed by atoms with van der Waals surface area (Å²) in [5.74, 6) is -0.970. The molecule has 0 amide bonds. The van der Waals surface area contributed by atoms with Gasteiger partial charge in [-0.2, -0.15) is 0 Å². The number of epoxide rings is 2. The zero-order chi connectivity index (χ0) is 14.5. The summed E-state index contributed by atoms with van der Waals surface area (Å²) in [5, 5.41) is 0. The molecule has 0 aromatic heterocycles. The molecule has 0 radical (unpaired) electrons. The predicted octanol–water partition coefficient (Wildman–Crippen LogP) is 0.344. The molecule has 6 unspecified atom stereocenters. The number of carbonyl (C=O) groups excluding carboxylic acids is 2. The molecule has 3 saturated heterocycles. The van der Waals surface area contributed by atoms with Crippen LogP contribution in [0.3, 0.4) is 0 Å². The summed E-state index contributed by atoms with van der Waals surface area (Å²) in [5.41, 5.74) is 0.252. The third-order valence-corrected chi connectivity index (χ3v) is 5.53. The summed E-state index contributed by atoms with van der Waals surface area (Å²) < 4.78 is 22.5. The Balaban J connectivity index is 1.57. The molecule has 0 spiro atoms. The van der Waals surface area contributed by atoms with Gasteiger partial charge in [0.15, 0.2) is 0 Å². The van der Waals surface area contributed by atoms with Gasteiger partial charge in [0, 0.05) is 12.3 Å². The molecule has 2 bridgehead atoms. The molecule has 4 aliphatic heterocycles. The van der Waals surface area contributed by atoms with E-state index in [4.69, 9.17) is 18.9 Å². The highest BCUT2D eigenvalue weighted by Crippen LogP contribution is 2.54. The van der Waals surface area contributed by atoms with Crippen LogP contribution in [-0.4, -0.2) is 48.1 Å². The topological polar surface area (TPSA) is 77.7 Å². The van der Waals surface area contributed by atoms with Crippen LogP contribution in [0.5, 0.6) is 0 Å². The van der Waals surface area contributed by atoms with E-state index in [0.29, 0.717) is 12.0 Å². The Bertz CT molecular complexity index is 597. The van der Waals surface area contributed by atoms with E-state index in [2.05, 4.69) is 0 Å². The average Bonchev–Trinajstić information content (AvgIpc) is 3.25. The van der Waals surface area contributed by atoms with Crippen molar-refractivity contribution in [2.24, 2.45) is 11.8 Å². The molecule has 5 rings (SSSR count). The molecule has 6 heteroatoms. The molecule has 0 aromatic carbocycles. The van der Waals surface area contributed by atoms with Gasteiger partial charge in [0.2, 0.25) is 0 Å². The maximum Gasteiger partial charge on any atom is 0.337 e. The fourth-order valence-corrected chi connectivity index (χ4v) is 4.20. The highest BCUT2D eigenvalue weighted by atomic mass is 16.7. The van der Waals surface area contributed by atoms with Gasteiger partial charge in [-0.1, -0.05) is 6.92 Å². The van der Waals surface area contributed by atoms with Gasteiger partial charge < -0.3 is 18.9 Å². The van der Waals surface area contributed by atoms with Crippen LogP contribution in [0, 0.1) is 11.8 Å². The van der Waals surface area contributed by atoms with Crippen LogP contribution in [0.2, 0.25) is 0 Å². The van der Waals surface area contributed by atoms with Gasteiger partial charge in [0.1, 0.15) is 30.5 Å². The number of ether oxygens (including phenoxy) is 4. The Labute approximate surface area is 121 Å². The Kier molecular flexibility index (Phi) is 2.03. The van der Waals surface area contributed by atoms with E-state index >= 15 is 0 Å². The minimum atomic E-state index is -0.400. The average molecular weight is 292 g/mol. The zero-order valence-electron chi connectivity index (χ0n) is 11.8. The molecule has 112 valence electrons. The van der Waals surface area contributed by atoms with Crippen LogP contribution in [0.25, 0.3) is 0 Å². The lowest BCUT2D eigenvalue weighted by Crippen LogP contribution is -2.35. The van der Waals surface area contributed by atoms with Gasteiger partial charge in [-0.05, 0) is 13.0 Å². The number of hydrogen-bond acceptors (Lipinski definition) is 6. The molecule has 3 fully saturated rings. The van der Waals surface area contributed by atoms with Crippen LogP contribution in [0.15, 0.2) is 11.6 Å². The Hall–Kier alpha value is -1.40. The first-order valence-electron chi connectivity index (χ1n) is 7.44. The van der Waals surface area contributed by atoms with Crippen LogP contribution in [0.1, 0.15) is 20.3 Å². The smallest absolute Gasteiger partial charge is 0.337 e. The lowest BCUT2D eigenvalue weighted by molar-refractivity contribution is -0.144.